The number of methoxy groups -OCH3 is 1. The third-order valence-corrected chi connectivity index (χ3v) is 3.18. The third kappa shape index (κ3) is 4.54. The van der Waals surface area contributed by atoms with Crippen molar-refractivity contribution in [3.05, 3.63) is 15.9 Å². The largest absolute Gasteiger partial charge is 0.476 e. The van der Waals surface area contributed by atoms with Crippen LogP contribution in [0.25, 0.3) is 0 Å². The molecule has 0 amide bonds. The van der Waals surface area contributed by atoms with Gasteiger partial charge in [-0.15, -0.1) is 0 Å². The van der Waals surface area contributed by atoms with Crippen molar-refractivity contribution in [1.82, 2.24) is 9.97 Å². The predicted molar refractivity (Wildman–Crippen MR) is 82.0 cm³/mol. The molecule has 0 saturated heterocycles. The summed E-state index contributed by atoms with van der Waals surface area (Å²) in [4.78, 5) is 21.2. The number of aryl methyl sites for hydroxylation is 1. The van der Waals surface area contributed by atoms with Gasteiger partial charge in [0, 0.05) is 13.1 Å². The normalized spacial score (nSPS) is 10.5. The second-order valence-electron chi connectivity index (χ2n) is 4.90. The summed E-state index contributed by atoms with van der Waals surface area (Å²) in [6.07, 6.45) is 3.98. The summed E-state index contributed by atoms with van der Waals surface area (Å²) in [7, 11) is 1.39. The molecule has 1 aromatic rings. The Bertz CT molecular complexity index is 472. The van der Waals surface area contributed by atoms with Crippen molar-refractivity contribution in [2.45, 2.75) is 46.5 Å². The molecule has 0 saturated carbocycles. The number of anilines is 1. The minimum absolute atomic E-state index is 0.0282. The molecular weight excluding hydrogens is 272 g/mol. The van der Waals surface area contributed by atoms with E-state index in [1.807, 2.05) is 4.90 Å². The maximum Gasteiger partial charge on any atom is 0.372 e. The van der Waals surface area contributed by atoms with E-state index >= 15 is 0 Å². The molecule has 0 fully saturated rings. The van der Waals surface area contributed by atoms with Crippen LogP contribution < -0.4 is 9.64 Å². The van der Waals surface area contributed by atoms with Gasteiger partial charge in [-0.1, -0.05) is 26.7 Å². The summed E-state index contributed by atoms with van der Waals surface area (Å²) in [6.45, 7) is 7.40. The first-order valence-electron chi connectivity index (χ1n) is 7.37. The van der Waals surface area contributed by atoms with Crippen LogP contribution in [0.4, 0.5) is 11.5 Å². The number of nitrogens with zero attached hydrogens (tertiary/aromatic N) is 4. The van der Waals surface area contributed by atoms with Gasteiger partial charge >= 0.3 is 5.69 Å². The summed E-state index contributed by atoms with van der Waals surface area (Å²) >= 11 is 0. The highest BCUT2D eigenvalue weighted by Gasteiger charge is 2.28. The zero-order chi connectivity index (χ0) is 15.8. The van der Waals surface area contributed by atoms with Crippen LogP contribution in [-0.2, 0) is 0 Å². The molecule has 0 atom stereocenters. The lowest BCUT2D eigenvalue weighted by Gasteiger charge is -2.23. The molecule has 0 unspecified atom stereocenters. The number of unbranched alkanes of at least 4 members (excludes halogenated alkanes) is 2. The van der Waals surface area contributed by atoms with Crippen LogP contribution in [0.1, 0.15) is 45.4 Å². The lowest BCUT2D eigenvalue weighted by molar-refractivity contribution is -0.385. The molecular formula is C14H24N4O3. The zero-order valence-electron chi connectivity index (χ0n) is 13.3. The predicted octanol–water partition coefficient (Wildman–Crippen LogP) is 3.11. The third-order valence-electron chi connectivity index (χ3n) is 3.18. The molecule has 0 bridgehead atoms. The van der Waals surface area contributed by atoms with E-state index in [2.05, 4.69) is 23.8 Å². The maximum atomic E-state index is 11.4. The van der Waals surface area contributed by atoms with Gasteiger partial charge in [-0.05, 0) is 19.8 Å². The van der Waals surface area contributed by atoms with E-state index < -0.39 is 4.92 Å². The van der Waals surface area contributed by atoms with Crippen molar-refractivity contribution < 1.29 is 9.66 Å². The minimum atomic E-state index is -0.460. The molecule has 0 aliphatic carbocycles. The number of aromatic nitrogens is 2. The fourth-order valence-corrected chi connectivity index (χ4v) is 2.07. The van der Waals surface area contributed by atoms with Crippen molar-refractivity contribution in [3.8, 4) is 5.88 Å². The highest BCUT2D eigenvalue weighted by atomic mass is 16.6. The lowest BCUT2D eigenvalue weighted by atomic mass is 10.2. The van der Waals surface area contributed by atoms with Crippen molar-refractivity contribution in [2.24, 2.45) is 0 Å². The van der Waals surface area contributed by atoms with E-state index in [-0.39, 0.29) is 11.6 Å². The van der Waals surface area contributed by atoms with Crippen molar-refractivity contribution in [1.29, 1.82) is 0 Å². The first kappa shape index (κ1) is 17.1. The van der Waals surface area contributed by atoms with Crippen LogP contribution >= 0.6 is 0 Å². The van der Waals surface area contributed by atoms with Crippen LogP contribution in [0.15, 0.2) is 0 Å². The standard InChI is InChI=1S/C14H24N4O3/c1-5-7-9-17(10-8-6-2)13-12(18(19)20)14(21-4)16-11(3)15-13/h5-10H2,1-4H3. The maximum absolute atomic E-state index is 11.4. The number of hydrogen-bond acceptors (Lipinski definition) is 6. The molecule has 0 radical (unpaired) electrons. The lowest BCUT2D eigenvalue weighted by Crippen LogP contribution is -2.28. The van der Waals surface area contributed by atoms with E-state index in [1.165, 1.54) is 7.11 Å². The van der Waals surface area contributed by atoms with Gasteiger partial charge < -0.3 is 9.64 Å². The number of nitro groups is 1. The van der Waals surface area contributed by atoms with Crippen molar-refractivity contribution in [2.75, 3.05) is 25.1 Å². The number of ether oxygens (including phenoxy) is 1. The molecule has 1 heterocycles. The van der Waals surface area contributed by atoms with Gasteiger partial charge in [0.05, 0.1) is 12.0 Å². The molecule has 7 nitrogen and oxygen atoms in total. The van der Waals surface area contributed by atoms with Gasteiger partial charge in [-0.3, -0.25) is 10.1 Å². The molecule has 0 aromatic carbocycles. The molecule has 0 N–H and O–H groups in total. The average molecular weight is 296 g/mol. The smallest absolute Gasteiger partial charge is 0.372 e. The highest BCUT2D eigenvalue weighted by molar-refractivity contribution is 5.63. The molecule has 1 rings (SSSR count). The fraction of sp³-hybridized carbons (Fsp3) is 0.714. The summed E-state index contributed by atoms with van der Waals surface area (Å²) in [5.74, 6) is 0.872. The van der Waals surface area contributed by atoms with Crippen LogP contribution in [-0.4, -0.2) is 35.1 Å². The quantitative estimate of drug-likeness (QED) is 0.514. The van der Waals surface area contributed by atoms with Gasteiger partial charge in [-0.2, -0.15) is 4.98 Å². The molecule has 0 spiro atoms. The number of rotatable bonds is 9. The molecule has 0 aliphatic rings. The second kappa shape index (κ2) is 8.39. The van der Waals surface area contributed by atoms with Crippen LogP contribution in [0, 0.1) is 17.0 Å². The summed E-state index contributed by atoms with van der Waals surface area (Å²) in [5.41, 5.74) is -0.143. The minimum Gasteiger partial charge on any atom is -0.476 e. The number of hydrogen-bond donors (Lipinski definition) is 0. The zero-order valence-corrected chi connectivity index (χ0v) is 13.3. The Hall–Kier alpha value is -1.92. The molecule has 7 heteroatoms. The summed E-state index contributed by atoms with van der Waals surface area (Å²) < 4.78 is 5.07. The SMILES string of the molecule is CCCCN(CCCC)c1nc(C)nc(OC)c1[N+](=O)[O-]. The Labute approximate surface area is 125 Å². The highest BCUT2D eigenvalue weighted by Crippen LogP contribution is 2.34. The first-order chi connectivity index (χ1) is 10.0. The Morgan fingerprint density at radius 1 is 1.19 bits per heavy atom. The first-order valence-corrected chi connectivity index (χ1v) is 7.37. The van der Waals surface area contributed by atoms with Crippen molar-refractivity contribution in [3.63, 3.8) is 0 Å². The monoisotopic (exact) mass is 296 g/mol. The van der Waals surface area contributed by atoms with E-state index in [0.29, 0.717) is 11.6 Å². The van der Waals surface area contributed by atoms with Gasteiger partial charge in [0.25, 0.3) is 5.88 Å². The Morgan fingerprint density at radius 2 is 1.76 bits per heavy atom. The van der Waals surface area contributed by atoms with Gasteiger partial charge in [-0.25, -0.2) is 4.98 Å². The van der Waals surface area contributed by atoms with Gasteiger partial charge in [0.1, 0.15) is 5.82 Å². The molecule has 1 aromatic heterocycles. The summed E-state index contributed by atoms with van der Waals surface area (Å²) in [5, 5.41) is 11.4. The van der Waals surface area contributed by atoms with Crippen LogP contribution in [0.5, 0.6) is 5.88 Å². The van der Waals surface area contributed by atoms with Crippen LogP contribution in [0.2, 0.25) is 0 Å². The Balaban J connectivity index is 3.26. The fourth-order valence-electron chi connectivity index (χ4n) is 2.07. The molecule has 118 valence electrons. The Morgan fingerprint density at radius 3 is 2.19 bits per heavy atom. The topological polar surface area (TPSA) is 81.4 Å². The van der Waals surface area contributed by atoms with Gasteiger partial charge in [0.15, 0.2) is 0 Å². The second-order valence-corrected chi connectivity index (χ2v) is 4.90. The van der Waals surface area contributed by atoms with Gasteiger partial charge in [0.2, 0.25) is 5.82 Å². The van der Waals surface area contributed by atoms with E-state index in [0.717, 1.165) is 38.8 Å². The Kier molecular flexibility index (Phi) is 6.84. The molecule has 21 heavy (non-hydrogen) atoms. The summed E-state index contributed by atoms with van der Waals surface area (Å²) in [6, 6.07) is 0. The van der Waals surface area contributed by atoms with E-state index in [1.54, 1.807) is 6.92 Å². The van der Waals surface area contributed by atoms with Crippen LogP contribution in [0.3, 0.4) is 0 Å². The average Bonchev–Trinajstić information content (AvgIpc) is 2.46. The molecule has 0 aliphatic heterocycles. The van der Waals surface area contributed by atoms with E-state index in [4.69, 9.17) is 4.74 Å². The van der Waals surface area contributed by atoms with E-state index in [9.17, 15) is 10.1 Å². The van der Waals surface area contributed by atoms with Crippen molar-refractivity contribution >= 4 is 11.5 Å².